The minimum atomic E-state index is -3.61. The van der Waals surface area contributed by atoms with Crippen LogP contribution < -0.4 is 9.64 Å². The maximum absolute atomic E-state index is 13.2. The normalized spacial score (nSPS) is 23.7. The molecule has 2 fully saturated rings. The number of sulfonamides is 1. The summed E-state index contributed by atoms with van der Waals surface area (Å²) < 4.78 is 33.0. The van der Waals surface area contributed by atoms with Gasteiger partial charge in [-0.15, -0.1) is 0 Å². The van der Waals surface area contributed by atoms with Gasteiger partial charge >= 0.3 is 0 Å². The Hall–Kier alpha value is -2.42. The van der Waals surface area contributed by atoms with E-state index in [0.717, 1.165) is 5.69 Å². The summed E-state index contributed by atoms with van der Waals surface area (Å²) >= 11 is 0. The third kappa shape index (κ3) is 3.52. The average molecular weight is 416 g/mol. The first-order valence-electron chi connectivity index (χ1n) is 9.57. The number of rotatable bonds is 4. The smallest absolute Gasteiger partial charge is 0.243 e. The van der Waals surface area contributed by atoms with Gasteiger partial charge in [0.05, 0.1) is 24.1 Å². The molecule has 2 aliphatic rings. The molecule has 0 radical (unpaired) electrons. The topological polar surface area (TPSA) is 70.2 Å². The zero-order chi connectivity index (χ0) is 20.6. The van der Waals surface area contributed by atoms with E-state index in [9.17, 15) is 13.2 Å². The number of carbonyl (C=O) groups is 1. The zero-order valence-corrected chi connectivity index (χ0v) is 17.4. The van der Waals surface area contributed by atoms with E-state index in [4.69, 9.17) is 4.74 Å². The Balaban J connectivity index is 1.58. The van der Waals surface area contributed by atoms with Gasteiger partial charge in [-0.25, -0.2) is 8.42 Å². The highest BCUT2D eigenvalue weighted by Gasteiger charge is 2.50. The van der Waals surface area contributed by atoms with Crippen LogP contribution in [0.2, 0.25) is 0 Å². The van der Waals surface area contributed by atoms with Crippen LogP contribution in [0, 0.1) is 0 Å². The van der Waals surface area contributed by atoms with Crippen molar-refractivity contribution in [2.45, 2.75) is 16.9 Å². The number of carbonyl (C=O) groups excluding carboxylic acids is 1. The molecule has 0 aliphatic carbocycles. The number of anilines is 1. The highest BCUT2D eigenvalue weighted by atomic mass is 32.2. The van der Waals surface area contributed by atoms with Crippen molar-refractivity contribution in [3.63, 3.8) is 0 Å². The molecule has 2 aromatic rings. The van der Waals surface area contributed by atoms with Gasteiger partial charge in [-0.1, -0.05) is 18.2 Å². The van der Waals surface area contributed by atoms with E-state index < -0.39 is 15.6 Å². The van der Waals surface area contributed by atoms with E-state index in [0.29, 0.717) is 31.8 Å². The molecule has 1 amide bonds. The van der Waals surface area contributed by atoms with Gasteiger partial charge in [-0.2, -0.15) is 4.31 Å². The first kappa shape index (κ1) is 19.9. The summed E-state index contributed by atoms with van der Waals surface area (Å²) in [6.45, 7) is 1.52. The predicted molar refractivity (Wildman–Crippen MR) is 111 cm³/mol. The summed E-state index contributed by atoms with van der Waals surface area (Å²) in [6.07, 6.45) is 0.676. The van der Waals surface area contributed by atoms with Crippen LogP contribution in [-0.2, 0) is 14.8 Å². The SMILES string of the molecule is COc1ccc(S(=O)(=O)N2CC[C@]3(CN(c4ccccc4)C(=O)CN3C)C2)cc1. The van der Waals surface area contributed by atoms with Gasteiger partial charge < -0.3 is 9.64 Å². The molecule has 0 saturated carbocycles. The monoisotopic (exact) mass is 415 g/mol. The van der Waals surface area contributed by atoms with Crippen LogP contribution in [0.3, 0.4) is 0 Å². The van der Waals surface area contributed by atoms with Crippen LogP contribution in [-0.4, -0.2) is 69.4 Å². The van der Waals surface area contributed by atoms with E-state index in [1.807, 2.05) is 42.3 Å². The van der Waals surface area contributed by atoms with Gasteiger partial charge in [0.1, 0.15) is 5.75 Å². The lowest BCUT2D eigenvalue weighted by Crippen LogP contribution is -2.64. The van der Waals surface area contributed by atoms with Crippen molar-refractivity contribution < 1.29 is 17.9 Å². The van der Waals surface area contributed by atoms with Crippen molar-refractivity contribution in [1.29, 1.82) is 0 Å². The molecule has 0 bridgehead atoms. The van der Waals surface area contributed by atoms with E-state index in [-0.39, 0.29) is 17.3 Å². The van der Waals surface area contributed by atoms with Crippen LogP contribution in [0.4, 0.5) is 5.69 Å². The first-order chi connectivity index (χ1) is 13.9. The van der Waals surface area contributed by atoms with Crippen LogP contribution in [0.15, 0.2) is 59.5 Å². The van der Waals surface area contributed by atoms with Crippen molar-refractivity contribution in [3.8, 4) is 5.75 Å². The fourth-order valence-corrected chi connectivity index (χ4v) is 5.68. The molecular weight excluding hydrogens is 390 g/mol. The Kier molecular flexibility index (Phi) is 5.10. The fraction of sp³-hybridized carbons (Fsp3) is 0.381. The summed E-state index contributed by atoms with van der Waals surface area (Å²) in [5.41, 5.74) is 0.449. The van der Waals surface area contributed by atoms with Crippen LogP contribution >= 0.6 is 0 Å². The summed E-state index contributed by atoms with van der Waals surface area (Å²) in [7, 11) is -0.156. The molecule has 2 heterocycles. The summed E-state index contributed by atoms with van der Waals surface area (Å²) in [5, 5.41) is 0. The maximum atomic E-state index is 13.2. The molecular formula is C21H25N3O4S. The highest BCUT2D eigenvalue weighted by Crippen LogP contribution is 2.35. The number of ether oxygens (including phenoxy) is 1. The van der Waals surface area contributed by atoms with Crippen molar-refractivity contribution in [1.82, 2.24) is 9.21 Å². The Bertz CT molecular complexity index is 994. The lowest BCUT2D eigenvalue weighted by Gasteiger charge is -2.46. The second-order valence-electron chi connectivity index (χ2n) is 7.66. The van der Waals surface area contributed by atoms with E-state index in [1.54, 1.807) is 36.3 Å². The number of nitrogens with zero attached hydrogens (tertiary/aromatic N) is 3. The average Bonchev–Trinajstić information content (AvgIpc) is 3.18. The van der Waals surface area contributed by atoms with Crippen molar-refractivity contribution in [2.75, 3.05) is 45.2 Å². The Morgan fingerprint density at radius 1 is 1.00 bits per heavy atom. The molecule has 8 heteroatoms. The number of benzene rings is 2. The molecule has 29 heavy (non-hydrogen) atoms. The number of hydrogen-bond acceptors (Lipinski definition) is 5. The Labute approximate surface area is 171 Å². The van der Waals surface area contributed by atoms with Crippen LogP contribution in [0.25, 0.3) is 0 Å². The van der Waals surface area contributed by atoms with Gasteiger partial charge in [0, 0.05) is 25.3 Å². The Morgan fingerprint density at radius 2 is 1.69 bits per heavy atom. The van der Waals surface area contributed by atoms with Gasteiger partial charge in [0.2, 0.25) is 15.9 Å². The molecule has 0 unspecified atom stereocenters. The second kappa shape index (κ2) is 7.44. The summed E-state index contributed by atoms with van der Waals surface area (Å²) in [4.78, 5) is 16.7. The molecule has 2 aliphatic heterocycles. The number of methoxy groups -OCH3 is 1. The van der Waals surface area contributed by atoms with Crippen molar-refractivity contribution >= 4 is 21.6 Å². The molecule has 4 rings (SSSR count). The quantitative estimate of drug-likeness (QED) is 0.762. The third-order valence-electron chi connectivity index (χ3n) is 6.00. The van der Waals surface area contributed by atoms with E-state index in [1.165, 1.54) is 4.31 Å². The van der Waals surface area contributed by atoms with E-state index in [2.05, 4.69) is 0 Å². The van der Waals surface area contributed by atoms with Gasteiger partial charge in [0.15, 0.2) is 0 Å². The number of likely N-dealkylation sites (N-methyl/N-ethyl adjacent to an activating group) is 1. The maximum Gasteiger partial charge on any atom is 0.243 e. The molecule has 2 aromatic carbocycles. The minimum absolute atomic E-state index is 0.0285. The molecule has 7 nitrogen and oxygen atoms in total. The highest BCUT2D eigenvalue weighted by molar-refractivity contribution is 7.89. The lowest BCUT2D eigenvalue weighted by molar-refractivity contribution is -0.123. The third-order valence-corrected chi connectivity index (χ3v) is 7.86. The Morgan fingerprint density at radius 3 is 2.34 bits per heavy atom. The first-order valence-corrected chi connectivity index (χ1v) is 11.0. The van der Waals surface area contributed by atoms with Crippen molar-refractivity contribution in [2.24, 2.45) is 0 Å². The molecule has 0 aromatic heterocycles. The second-order valence-corrected chi connectivity index (χ2v) is 9.60. The summed E-state index contributed by atoms with van der Waals surface area (Å²) in [5.74, 6) is 0.645. The van der Waals surface area contributed by atoms with Crippen LogP contribution in [0.5, 0.6) is 5.75 Å². The molecule has 2 saturated heterocycles. The fourth-order valence-electron chi connectivity index (χ4n) is 4.16. The molecule has 154 valence electrons. The largest absolute Gasteiger partial charge is 0.497 e. The molecule has 1 spiro atoms. The van der Waals surface area contributed by atoms with Gasteiger partial charge in [-0.3, -0.25) is 9.69 Å². The lowest BCUT2D eigenvalue weighted by atomic mass is 9.92. The number of para-hydroxylation sites is 1. The van der Waals surface area contributed by atoms with E-state index >= 15 is 0 Å². The zero-order valence-electron chi connectivity index (χ0n) is 16.6. The summed E-state index contributed by atoms with van der Waals surface area (Å²) in [6, 6.07) is 16.0. The number of piperazine rings is 1. The van der Waals surface area contributed by atoms with Gasteiger partial charge in [-0.05, 0) is 49.9 Å². The molecule has 0 N–H and O–H groups in total. The standard InChI is InChI=1S/C21H25N3O4S/c1-22-14-20(25)24(17-6-4-3-5-7-17)16-21(22)12-13-23(15-21)29(26,27)19-10-8-18(28-2)9-11-19/h3-11H,12-16H2,1-2H3/t21-/m1/s1. The van der Waals surface area contributed by atoms with Crippen LogP contribution in [0.1, 0.15) is 6.42 Å². The molecule has 1 atom stereocenters. The minimum Gasteiger partial charge on any atom is -0.497 e. The number of amides is 1. The number of hydrogen-bond donors (Lipinski definition) is 0. The predicted octanol–water partition coefficient (Wildman–Crippen LogP) is 1.81. The van der Waals surface area contributed by atoms with Gasteiger partial charge in [0.25, 0.3) is 0 Å². The van der Waals surface area contributed by atoms with Crippen molar-refractivity contribution in [3.05, 3.63) is 54.6 Å².